The van der Waals surface area contributed by atoms with Gasteiger partial charge in [-0.1, -0.05) is 6.07 Å². The molecule has 2 aliphatic rings. The van der Waals surface area contributed by atoms with Crippen molar-refractivity contribution in [2.24, 2.45) is 5.92 Å². The number of likely N-dealkylation sites (tertiary alicyclic amines) is 1. The molecule has 0 radical (unpaired) electrons. The van der Waals surface area contributed by atoms with Crippen LogP contribution < -0.4 is 5.56 Å². The van der Waals surface area contributed by atoms with Gasteiger partial charge in [-0.15, -0.1) is 0 Å². The molecule has 1 saturated heterocycles. The first-order valence-electron chi connectivity index (χ1n) is 10.6. The molecule has 156 valence electrons. The van der Waals surface area contributed by atoms with Gasteiger partial charge in [0.15, 0.2) is 0 Å². The van der Waals surface area contributed by atoms with Crippen molar-refractivity contribution in [1.29, 1.82) is 0 Å². The zero-order valence-corrected chi connectivity index (χ0v) is 17.3. The van der Waals surface area contributed by atoms with E-state index in [9.17, 15) is 4.79 Å². The first-order valence-corrected chi connectivity index (χ1v) is 10.6. The first-order chi connectivity index (χ1) is 14.7. The summed E-state index contributed by atoms with van der Waals surface area (Å²) < 4.78 is 9.39. The van der Waals surface area contributed by atoms with Gasteiger partial charge in [0.2, 0.25) is 0 Å². The van der Waals surface area contributed by atoms with Crippen molar-refractivity contribution in [3.63, 3.8) is 0 Å². The third-order valence-electron chi connectivity index (χ3n) is 6.35. The van der Waals surface area contributed by atoms with Crippen LogP contribution >= 0.6 is 0 Å². The van der Waals surface area contributed by atoms with Gasteiger partial charge in [-0.05, 0) is 30.0 Å². The molecule has 3 aromatic heterocycles. The maximum absolute atomic E-state index is 12.9. The molecule has 0 aliphatic carbocycles. The minimum atomic E-state index is 0.104. The number of ether oxygens (including phenoxy) is 1. The molecule has 2 bridgehead atoms. The Morgan fingerprint density at radius 2 is 2.07 bits per heavy atom. The summed E-state index contributed by atoms with van der Waals surface area (Å²) in [6.45, 7) is 5.16. The van der Waals surface area contributed by atoms with Crippen LogP contribution in [0, 0.1) is 5.92 Å². The van der Waals surface area contributed by atoms with Gasteiger partial charge in [-0.25, -0.2) is 4.98 Å². The van der Waals surface area contributed by atoms with Crippen molar-refractivity contribution in [3.8, 4) is 11.1 Å². The fourth-order valence-corrected chi connectivity index (χ4v) is 4.99. The van der Waals surface area contributed by atoms with Crippen molar-refractivity contribution in [2.45, 2.75) is 32.0 Å². The van der Waals surface area contributed by atoms with E-state index in [1.54, 1.807) is 19.4 Å². The summed E-state index contributed by atoms with van der Waals surface area (Å²) in [5.74, 6) is 0.880. The summed E-state index contributed by atoms with van der Waals surface area (Å²) in [5, 5.41) is 0. The summed E-state index contributed by atoms with van der Waals surface area (Å²) in [6, 6.07) is 7.88. The Kier molecular flexibility index (Phi) is 5.23. The molecule has 0 N–H and O–H groups in total. The van der Waals surface area contributed by atoms with Gasteiger partial charge in [-0.3, -0.25) is 14.7 Å². The summed E-state index contributed by atoms with van der Waals surface area (Å²) in [4.78, 5) is 23.9. The third-order valence-corrected chi connectivity index (χ3v) is 6.35. The molecular formula is C23H27N5O2. The number of aromatic nitrogens is 4. The molecule has 7 nitrogen and oxygen atoms in total. The van der Waals surface area contributed by atoms with E-state index >= 15 is 0 Å². The zero-order chi connectivity index (χ0) is 20.5. The Balaban J connectivity index is 1.40. The number of fused-ring (bicyclic) bond motifs is 4. The Bertz CT molecular complexity index is 1070. The highest BCUT2D eigenvalue weighted by atomic mass is 16.5. The van der Waals surface area contributed by atoms with E-state index in [-0.39, 0.29) is 5.56 Å². The lowest BCUT2D eigenvalue weighted by Gasteiger charge is -2.43. The standard InChI is InChI=1S/C23H27N5O2/c1-30-6-5-27-16-25-11-21(27)15-26-12-17-7-20(14-26)22-8-19(9-23(29)28(22)13-17)18-3-2-4-24-10-18/h2-4,8-11,16-17,20H,5-7,12-15H2,1H3/t17-,20+/m0/s1. The number of methoxy groups -OCH3 is 1. The number of rotatable bonds is 6. The Hall–Kier alpha value is -2.77. The maximum atomic E-state index is 12.9. The van der Waals surface area contributed by atoms with E-state index in [2.05, 4.69) is 25.5 Å². The molecule has 5 rings (SSSR count). The van der Waals surface area contributed by atoms with Crippen LogP contribution in [0.5, 0.6) is 0 Å². The molecule has 0 saturated carbocycles. The second-order valence-corrected chi connectivity index (χ2v) is 8.42. The number of pyridine rings is 2. The van der Waals surface area contributed by atoms with E-state index in [4.69, 9.17) is 4.74 Å². The van der Waals surface area contributed by atoms with Gasteiger partial charge in [-0.2, -0.15) is 0 Å². The molecule has 7 heteroatoms. The predicted octanol–water partition coefficient (Wildman–Crippen LogP) is 2.37. The number of hydrogen-bond donors (Lipinski definition) is 0. The molecule has 3 aromatic rings. The number of hydrogen-bond acceptors (Lipinski definition) is 5. The van der Waals surface area contributed by atoms with Crippen LogP contribution in [-0.2, 0) is 24.4 Å². The molecule has 5 heterocycles. The molecular weight excluding hydrogens is 378 g/mol. The lowest BCUT2D eigenvalue weighted by atomic mass is 9.82. The van der Waals surface area contributed by atoms with E-state index in [1.807, 2.05) is 35.4 Å². The van der Waals surface area contributed by atoms with Crippen molar-refractivity contribution in [1.82, 2.24) is 24.0 Å². The van der Waals surface area contributed by atoms with E-state index in [0.29, 0.717) is 18.4 Å². The molecule has 0 aromatic carbocycles. The molecule has 0 amide bonds. The van der Waals surface area contributed by atoms with Crippen LogP contribution in [0.2, 0.25) is 0 Å². The van der Waals surface area contributed by atoms with Crippen molar-refractivity contribution in [3.05, 3.63) is 70.9 Å². The quantitative estimate of drug-likeness (QED) is 0.630. The highest BCUT2D eigenvalue weighted by molar-refractivity contribution is 5.62. The number of piperidine rings is 1. The summed E-state index contributed by atoms with van der Waals surface area (Å²) >= 11 is 0. The fourth-order valence-electron chi connectivity index (χ4n) is 4.99. The molecule has 0 spiro atoms. The molecule has 1 fully saturated rings. The summed E-state index contributed by atoms with van der Waals surface area (Å²) in [7, 11) is 1.72. The van der Waals surface area contributed by atoms with Crippen molar-refractivity contribution in [2.75, 3.05) is 26.8 Å². The predicted molar refractivity (Wildman–Crippen MR) is 114 cm³/mol. The second-order valence-electron chi connectivity index (χ2n) is 8.42. The van der Waals surface area contributed by atoms with Gasteiger partial charge in [0.05, 0.1) is 18.6 Å². The molecule has 30 heavy (non-hydrogen) atoms. The lowest BCUT2D eigenvalue weighted by molar-refractivity contribution is 0.111. The fraction of sp³-hybridized carbons (Fsp3) is 0.435. The highest BCUT2D eigenvalue weighted by Gasteiger charge is 2.35. The van der Waals surface area contributed by atoms with Crippen molar-refractivity contribution >= 4 is 0 Å². The monoisotopic (exact) mass is 405 g/mol. The third kappa shape index (κ3) is 3.70. The minimum Gasteiger partial charge on any atom is -0.383 e. The van der Waals surface area contributed by atoms with Crippen LogP contribution in [0.4, 0.5) is 0 Å². The minimum absolute atomic E-state index is 0.104. The van der Waals surface area contributed by atoms with E-state index < -0.39 is 0 Å². The SMILES string of the molecule is COCCn1cncc1CN1C[C@@H]2C[C@H](C1)c1cc(-c3cccnc3)cc(=O)n1C2. The van der Waals surface area contributed by atoms with Gasteiger partial charge in [0, 0.05) is 81.7 Å². The molecule has 0 unspecified atom stereocenters. The largest absolute Gasteiger partial charge is 0.383 e. The molecule has 2 atom stereocenters. The number of imidazole rings is 1. The Morgan fingerprint density at radius 1 is 1.13 bits per heavy atom. The van der Waals surface area contributed by atoms with Gasteiger partial charge >= 0.3 is 0 Å². The highest BCUT2D eigenvalue weighted by Crippen LogP contribution is 2.37. The lowest BCUT2D eigenvalue weighted by Crippen LogP contribution is -2.46. The van der Waals surface area contributed by atoms with Crippen LogP contribution in [0.15, 0.2) is 54.0 Å². The van der Waals surface area contributed by atoms with Crippen LogP contribution in [0.1, 0.15) is 23.7 Å². The first kappa shape index (κ1) is 19.2. The zero-order valence-electron chi connectivity index (χ0n) is 17.3. The average molecular weight is 406 g/mol. The van der Waals surface area contributed by atoms with E-state index in [1.165, 1.54) is 5.69 Å². The second kappa shape index (κ2) is 8.16. The average Bonchev–Trinajstić information content (AvgIpc) is 3.20. The normalized spacial score (nSPS) is 20.8. The van der Waals surface area contributed by atoms with E-state index in [0.717, 1.165) is 56.0 Å². The topological polar surface area (TPSA) is 65.2 Å². The van der Waals surface area contributed by atoms with Crippen LogP contribution in [-0.4, -0.2) is 50.8 Å². The summed E-state index contributed by atoms with van der Waals surface area (Å²) in [6.07, 6.45) is 8.57. The molecule has 2 aliphatic heterocycles. The number of nitrogens with zero attached hydrogens (tertiary/aromatic N) is 5. The maximum Gasteiger partial charge on any atom is 0.251 e. The van der Waals surface area contributed by atoms with Crippen molar-refractivity contribution < 1.29 is 4.74 Å². The Morgan fingerprint density at radius 3 is 2.90 bits per heavy atom. The van der Waals surface area contributed by atoms with Gasteiger partial charge in [0.1, 0.15) is 0 Å². The van der Waals surface area contributed by atoms with Crippen LogP contribution in [0.3, 0.4) is 0 Å². The van der Waals surface area contributed by atoms with Gasteiger partial charge in [0.25, 0.3) is 5.56 Å². The van der Waals surface area contributed by atoms with Crippen LogP contribution in [0.25, 0.3) is 11.1 Å². The summed E-state index contributed by atoms with van der Waals surface area (Å²) in [5.41, 5.74) is 4.44. The van der Waals surface area contributed by atoms with Gasteiger partial charge < -0.3 is 13.9 Å². The Labute approximate surface area is 176 Å². The smallest absolute Gasteiger partial charge is 0.251 e.